The third-order valence-corrected chi connectivity index (χ3v) is 4.31. The van der Waals surface area contributed by atoms with E-state index in [-0.39, 0.29) is 6.10 Å². The van der Waals surface area contributed by atoms with Gasteiger partial charge in [0.1, 0.15) is 17.6 Å². The monoisotopic (exact) mass is 373 g/mol. The average molecular weight is 373 g/mol. The third-order valence-electron chi connectivity index (χ3n) is 4.31. The smallest absolute Gasteiger partial charge is 0.217 e. The highest BCUT2D eigenvalue weighted by atomic mass is 16.5. The minimum atomic E-state index is -0.258. The lowest BCUT2D eigenvalue weighted by molar-refractivity contribution is 0.228. The second-order valence-electron chi connectivity index (χ2n) is 5.81. The molecule has 0 aromatic heterocycles. The molecule has 0 saturated heterocycles. The summed E-state index contributed by atoms with van der Waals surface area (Å²) in [6.45, 7) is 0.480. The molecule has 2 aromatic rings. The first-order valence-electron chi connectivity index (χ1n) is 8.38. The predicted octanol–water partition coefficient (Wildman–Crippen LogP) is 3.25. The van der Waals surface area contributed by atoms with Gasteiger partial charge in [-0.05, 0) is 24.3 Å². The molecule has 1 unspecified atom stereocenters. The first-order chi connectivity index (χ1) is 13.1. The maximum atomic E-state index is 6.09. The van der Waals surface area contributed by atoms with Crippen LogP contribution >= 0.6 is 0 Å². The van der Waals surface area contributed by atoms with Crippen molar-refractivity contribution in [2.24, 2.45) is 4.99 Å². The summed E-state index contributed by atoms with van der Waals surface area (Å²) in [6, 6.07) is 9.26. The van der Waals surface area contributed by atoms with Gasteiger partial charge in [0.15, 0.2) is 11.5 Å². The zero-order chi connectivity index (χ0) is 19.4. The van der Waals surface area contributed by atoms with Crippen LogP contribution < -0.4 is 23.7 Å². The van der Waals surface area contributed by atoms with Crippen molar-refractivity contribution in [2.75, 3.05) is 42.1 Å². The van der Waals surface area contributed by atoms with E-state index in [9.17, 15) is 0 Å². The molecule has 0 radical (unpaired) electrons. The quantitative estimate of drug-likeness (QED) is 0.742. The van der Waals surface area contributed by atoms with E-state index in [4.69, 9.17) is 28.4 Å². The topological polar surface area (TPSA) is 67.7 Å². The molecule has 1 atom stereocenters. The minimum absolute atomic E-state index is 0.258. The summed E-state index contributed by atoms with van der Waals surface area (Å²) in [7, 11) is 7.95. The number of hydrogen-bond donors (Lipinski definition) is 0. The van der Waals surface area contributed by atoms with Crippen LogP contribution in [-0.4, -0.2) is 48.0 Å². The van der Waals surface area contributed by atoms with Crippen molar-refractivity contribution < 1.29 is 28.4 Å². The molecule has 144 valence electrons. The summed E-state index contributed by atoms with van der Waals surface area (Å²) < 4.78 is 32.9. The summed E-state index contributed by atoms with van der Waals surface area (Å²) in [5, 5.41) is 0. The fourth-order valence-corrected chi connectivity index (χ4v) is 2.93. The van der Waals surface area contributed by atoms with Crippen molar-refractivity contribution in [1.29, 1.82) is 0 Å². The van der Waals surface area contributed by atoms with Gasteiger partial charge in [-0.1, -0.05) is 0 Å². The molecule has 0 amide bonds. The van der Waals surface area contributed by atoms with Gasteiger partial charge in [0.25, 0.3) is 0 Å². The number of methoxy groups -OCH3 is 5. The normalized spacial score (nSPS) is 15.6. The van der Waals surface area contributed by atoms with Gasteiger partial charge < -0.3 is 28.4 Å². The number of aliphatic imine (C=N–C) groups is 1. The molecule has 0 fully saturated rings. The molecule has 7 nitrogen and oxygen atoms in total. The molecule has 2 aromatic carbocycles. The van der Waals surface area contributed by atoms with Gasteiger partial charge in [0.05, 0.1) is 42.1 Å². The molecule has 1 heterocycles. The Kier molecular flexibility index (Phi) is 5.59. The van der Waals surface area contributed by atoms with Crippen LogP contribution in [0.4, 0.5) is 0 Å². The molecule has 0 saturated carbocycles. The molecular weight excluding hydrogens is 350 g/mol. The van der Waals surface area contributed by atoms with Crippen LogP contribution in [0.5, 0.6) is 28.7 Å². The largest absolute Gasteiger partial charge is 0.497 e. The van der Waals surface area contributed by atoms with Crippen LogP contribution in [-0.2, 0) is 4.74 Å². The van der Waals surface area contributed by atoms with Gasteiger partial charge in [-0.15, -0.1) is 0 Å². The molecule has 7 heteroatoms. The van der Waals surface area contributed by atoms with E-state index in [1.54, 1.807) is 41.6 Å². The minimum Gasteiger partial charge on any atom is -0.497 e. The maximum absolute atomic E-state index is 6.09. The molecule has 3 rings (SSSR count). The van der Waals surface area contributed by atoms with Crippen molar-refractivity contribution in [3.05, 3.63) is 41.5 Å². The Morgan fingerprint density at radius 2 is 1.37 bits per heavy atom. The van der Waals surface area contributed by atoms with E-state index in [0.29, 0.717) is 41.2 Å². The van der Waals surface area contributed by atoms with Crippen molar-refractivity contribution in [2.45, 2.75) is 6.10 Å². The average Bonchev–Trinajstić information content (AvgIpc) is 3.22. The first-order valence-corrected chi connectivity index (χ1v) is 8.38. The summed E-state index contributed by atoms with van der Waals surface area (Å²) in [5.74, 6) is 3.57. The van der Waals surface area contributed by atoms with E-state index < -0.39 is 0 Å². The van der Waals surface area contributed by atoms with Crippen LogP contribution in [0.3, 0.4) is 0 Å². The molecule has 0 spiro atoms. The molecule has 0 bridgehead atoms. The van der Waals surface area contributed by atoms with Crippen molar-refractivity contribution in [3.8, 4) is 28.7 Å². The fraction of sp³-hybridized carbons (Fsp3) is 0.350. The summed E-state index contributed by atoms with van der Waals surface area (Å²) in [4.78, 5) is 4.54. The van der Waals surface area contributed by atoms with E-state index in [1.807, 2.05) is 24.3 Å². The number of ether oxygens (including phenoxy) is 6. The Bertz CT molecular complexity index is 801. The third kappa shape index (κ3) is 3.72. The Hall–Kier alpha value is -3.09. The summed E-state index contributed by atoms with van der Waals surface area (Å²) in [6.07, 6.45) is -0.258. The van der Waals surface area contributed by atoms with E-state index >= 15 is 0 Å². The van der Waals surface area contributed by atoms with Crippen LogP contribution in [0.2, 0.25) is 0 Å². The van der Waals surface area contributed by atoms with Gasteiger partial charge >= 0.3 is 0 Å². The highest BCUT2D eigenvalue weighted by Gasteiger charge is 2.26. The molecule has 0 N–H and O–H groups in total. The molecular formula is C20H23NO6. The number of rotatable bonds is 7. The van der Waals surface area contributed by atoms with Crippen molar-refractivity contribution >= 4 is 5.90 Å². The van der Waals surface area contributed by atoms with Crippen molar-refractivity contribution in [3.63, 3.8) is 0 Å². The van der Waals surface area contributed by atoms with E-state index in [2.05, 4.69) is 4.99 Å². The summed E-state index contributed by atoms with van der Waals surface area (Å²) in [5.41, 5.74) is 1.68. The van der Waals surface area contributed by atoms with Gasteiger partial charge in [-0.3, -0.25) is 0 Å². The Labute approximate surface area is 158 Å². The standard InChI is InChI=1S/C20H23NO6/c1-22-14-6-13(7-15(10-14)23-2)20-21-11-18(27-20)12-8-16(24-3)19(26-5)17(9-12)25-4/h6-10,18H,11H2,1-5H3. The van der Waals surface area contributed by atoms with Crippen LogP contribution in [0.25, 0.3) is 0 Å². The summed E-state index contributed by atoms with van der Waals surface area (Å²) >= 11 is 0. The lowest BCUT2D eigenvalue weighted by Crippen LogP contribution is -2.08. The lowest BCUT2D eigenvalue weighted by Gasteiger charge is -2.17. The van der Waals surface area contributed by atoms with Gasteiger partial charge in [-0.25, -0.2) is 4.99 Å². The highest BCUT2D eigenvalue weighted by molar-refractivity contribution is 5.96. The Morgan fingerprint density at radius 3 is 1.85 bits per heavy atom. The molecule has 0 aliphatic carbocycles. The molecule has 27 heavy (non-hydrogen) atoms. The van der Waals surface area contributed by atoms with Crippen LogP contribution in [0, 0.1) is 0 Å². The molecule has 1 aliphatic heterocycles. The zero-order valence-electron chi connectivity index (χ0n) is 16.1. The maximum Gasteiger partial charge on any atom is 0.217 e. The number of nitrogens with zero attached hydrogens (tertiary/aromatic N) is 1. The van der Waals surface area contributed by atoms with Gasteiger partial charge in [0, 0.05) is 17.2 Å². The van der Waals surface area contributed by atoms with Gasteiger partial charge in [0.2, 0.25) is 11.6 Å². The Balaban J connectivity index is 1.88. The SMILES string of the molecule is COc1cc(OC)cc(C2=NCC(c3cc(OC)c(OC)c(OC)c3)O2)c1. The zero-order valence-corrected chi connectivity index (χ0v) is 16.1. The fourth-order valence-electron chi connectivity index (χ4n) is 2.93. The first kappa shape index (κ1) is 18.7. The van der Waals surface area contributed by atoms with Gasteiger partial charge in [-0.2, -0.15) is 0 Å². The predicted molar refractivity (Wildman–Crippen MR) is 101 cm³/mol. The van der Waals surface area contributed by atoms with Crippen molar-refractivity contribution in [1.82, 2.24) is 0 Å². The van der Waals surface area contributed by atoms with E-state index in [1.165, 1.54) is 0 Å². The lowest BCUT2D eigenvalue weighted by atomic mass is 10.1. The van der Waals surface area contributed by atoms with E-state index in [0.717, 1.165) is 11.1 Å². The number of hydrogen-bond acceptors (Lipinski definition) is 7. The van der Waals surface area contributed by atoms with Crippen LogP contribution in [0.15, 0.2) is 35.3 Å². The Morgan fingerprint density at radius 1 is 0.778 bits per heavy atom. The number of benzene rings is 2. The van der Waals surface area contributed by atoms with Crippen LogP contribution in [0.1, 0.15) is 17.2 Å². The molecule has 1 aliphatic rings. The second-order valence-corrected chi connectivity index (χ2v) is 5.81. The highest BCUT2D eigenvalue weighted by Crippen LogP contribution is 2.41. The second kappa shape index (κ2) is 8.07.